The van der Waals surface area contributed by atoms with Crippen LogP contribution < -0.4 is 10.1 Å². The van der Waals surface area contributed by atoms with Gasteiger partial charge in [0.05, 0.1) is 6.26 Å². The summed E-state index contributed by atoms with van der Waals surface area (Å²) in [6.07, 6.45) is 3.96. The number of fused-ring (bicyclic) bond motifs is 3. The third-order valence-corrected chi connectivity index (χ3v) is 6.60. The highest BCUT2D eigenvalue weighted by Crippen LogP contribution is 2.42. The van der Waals surface area contributed by atoms with Crippen molar-refractivity contribution in [3.63, 3.8) is 0 Å². The number of furan rings is 1. The third-order valence-electron chi connectivity index (χ3n) is 6.60. The lowest BCUT2D eigenvalue weighted by Gasteiger charge is -2.49. The molecule has 1 aromatic carbocycles. The zero-order valence-electron chi connectivity index (χ0n) is 17.7. The van der Waals surface area contributed by atoms with Gasteiger partial charge in [0.25, 0.3) is 5.91 Å². The summed E-state index contributed by atoms with van der Waals surface area (Å²) < 4.78 is 13.1. The van der Waals surface area contributed by atoms with Gasteiger partial charge in [0.2, 0.25) is 0 Å². The van der Waals surface area contributed by atoms with Crippen LogP contribution in [-0.4, -0.2) is 52.9 Å². The first-order chi connectivity index (χ1) is 15.2. The maximum absolute atomic E-state index is 12.2. The lowest BCUT2D eigenvalue weighted by molar-refractivity contribution is -0.123. The van der Waals surface area contributed by atoms with Gasteiger partial charge in [0.15, 0.2) is 12.4 Å². The van der Waals surface area contributed by atoms with E-state index in [0.29, 0.717) is 30.2 Å². The van der Waals surface area contributed by atoms with Crippen LogP contribution in [0.3, 0.4) is 0 Å². The zero-order valence-corrected chi connectivity index (χ0v) is 17.7. The summed E-state index contributed by atoms with van der Waals surface area (Å²) in [7, 11) is 2.02. The SMILES string of the molecule is Cn1nc(-c2ccco2)cc1[C@@H]1CN2CC[C@H]1C[C@@H]2CNC(=O)COc1ccccc1. The number of piperidine rings is 3. The summed E-state index contributed by atoms with van der Waals surface area (Å²) in [6, 6.07) is 15.8. The summed E-state index contributed by atoms with van der Waals surface area (Å²) in [5, 5.41) is 7.73. The van der Waals surface area contributed by atoms with Gasteiger partial charge in [0, 0.05) is 37.8 Å². The predicted octanol–water partition coefficient (Wildman–Crippen LogP) is 3.05. The molecule has 0 aliphatic carbocycles. The van der Waals surface area contributed by atoms with Crippen molar-refractivity contribution >= 4 is 5.91 Å². The predicted molar refractivity (Wildman–Crippen MR) is 117 cm³/mol. The van der Waals surface area contributed by atoms with E-state index < -0.39 is 0 Å². The average molecular weight is 421 g/mol. The molecule has 3 aliphatic heterocycles. The molecule has 0 saturated carbocycles. The van der Waals surface area contributed by atoms with Crippen LogP contribution in [0.2, 0.25) is 0 Å². The van der Waals surface area contributed by atoms with E-state index in [9.17, 15) is 4.79 Å². The molecule has 5 heterocycles. The molecule has 4 atom stereocenters. The number of hydrogen-bond donors (Lipinski definition) is 1. The van der Waals surface area contributed by atoms with Gasteiger partial charge in [-0.3, -0.25) is 14.4 Å². The molecule has 0 radical (unpaired) electrons. The minimum absolute atomic E-state index is 0.0490. The summed E-state index contributed by atoms with van der Waals surface area (Å²) in [4.78, 5) is 14.8. The average Bonchev–Trinajstić information content (AvgIpc) is 3.47. The second-order valence-electron chi connectivity index (χ2n) is 8.50. The van der Waals surface area contributed by atoms with E-state index in [2.05, 4.69) is 21.4 Å². The van der Waals surface area contributed by atoms with Crippen LogP contribution in [0, 0.1) is 5.92 Å². The van der Waals surface area contributed by atoms with E-state index in [1.165, 1.54) is 12.1 Å². The highest BCUT2D eigenvalue weighted by atomic mass is 16.5. The molecule has 0 spiro atoms. The molecular weight excluding hydrogens is 392 g/mol. The molecule has 3 aliphatic rings. The molecule has 3 fully saturated rings. The molecule has 7 heteroatoms. The number of benzene rings is 1. The normalized spacial score (nSPS) is 24.8. The van der Waals surface area contributed by atoms with Crippen molar-refractivity contribution in [3.05, 3.63) is 60.5 Å². The number of amides is 1. The number of ether oxygens (including phenoxy) is 1. The van der Waals surface area contributed by atoms with Crippen molar-refractivity contribution in [2.24, 2.45) is 13.0 Å². The van der Waals surface area contributed by atoms with Crippen molar-refractivity contribution in [3.8, 4) is 17.2 Å². The first-order valence-corrected chi connectivity index (χ1v) is 10.9. The van der Waals surface area contributed by atoms with Crippen molar-refractivity contribution < 1.29 is 13.9 Å². The number of nitrogens with zero attached hydrogens (tertiary/aromatic N) is 3. The van der Waals surface area contributed by atoms with Gasteiger partial charge >= 0.3 is 0 Å². The molecular formula is C24H28N4O3. The van der Waals surface area contributed by atoms with Crippen LogP contribution in [0.4, 0.5) is 0 Å². The molecule has 1 N–H and O–H groups in total. The number of hydrogen-bond acceptors (Lipinski definition) is 5. The van der Waals surface area contributed by atoms with Gasteiger partial charge in [-0.2, -0.15) is 5.10 Å². The van der Waals surface area contributed by atoms with Crippen LogP contribution in [0.5, 0.6) is 5.75 Å². The first kappa shape index (κ1) is 19.9. The molecule has 7 nitrogen and oxygen atoms in total. The number of nitrogens with one attached hydrogen (secondary N) is 1. The molecule has 2 bridgehead atoms. The standard InChI is InChI=1S/C24H28N4O3/c1-27-22(13-21(26-27)23-8-5-11-30-23)20-15-28-10-9-17(20)12-18(28)14-25-24(29)16-31-19-6-3-2-4-7-19/h2-8,11,13,17-18,20H,9-10,12,14-16H2,1H3,(H,25,29)/t17-,18+,20+/m0/s1. The zero-order chi connectivity index (χ0) is 21.2. The molecule has 3 saturated heterocycles. The fourth-order valence-electron chi connectivity index (χ4n) is 5.01. The topological polar surface area (TPSA) is 72.5 Å². The number of carbonyl (C=O) groups is 1. The molecule has 1 unspecified atom stereocenters. The Bertz CT molecular complexity index is 1010. The fourth-order valence-corrected chi connectivity index (χ4v) is 5.01. The Morgan fingerprint density at radius 1 is 1.26 bits per heavy atom. The number of carbonyl (C=O) groups excluding carboxylic acids is 1. The first-order valence-electron chi connectivity index (χ1n) is 10.9. The minimum atomic E-state index is -0.0715. The van der Waals surface area contributed by atoms with Gasteiger partial charge in [-0.1, -0.05) is 18.2 Å². The molecule has 31 heavy (non-hydrogen) atoms. The highest BCUT2D eigenvalue weighted by molar-refractivity contribution is 5.77. The van der Waals surface area contributed by atoms with E-state index >= 15 is 0 Å². The van der Waals surface area contributed by atoms with Crippen LogP contribution >= 0.6 is 0 Å². The van der Waals surface area contributed by atoms with Gasteiger partial charge in [0.1, 0.15) is 11.4 Å². The van der Waals surface area contributed by atoms with Crippen LogP contribution in [-0.2, 0) is 11.8 Å². The fraction of sp³-hybridized carbons (Fsp3) is 0.417. The minimum Gasteiger partial charge on any atom is -0.484 e. The van der Waals surface area contributed by atoms with Crippen molar-refractivity contribution in [1.82, 2.24) is 20.0 Å². The lowest BCUT2D eigenvalue weighted by Crippen LogP contribution is -2.56. The van der Waals surface area contributed by atoms with Gasteiger partial charge < -0.3 is 14.5 Å². The number of para-hydroxylation sites is 1. The summed E-state index contributed by atoms with van der Waals surface area (Å²) in [5.41, 5.74) is 2.15. The molecule has 3 aromatic rings. The Kier molecular flexibility index (Phi) is 5.51. The Balaban J connectivity index is 1.16. The monoisotopic (exact) mass is 420 g/mol. The molecule has 2 aromatic heterocycles. The Labute approximate surface area is 182 Å². The maximum atomic E-state index is 12.2. The van der Waals surface area contributed by atoms with Crippen LogP contribution in [0.1, 0.15) is 24.5 Å². The van der Waals surface area contributed by atoms with Crippen molar-refractivity contribution in [2.45, 2.75) is 24.8 Å². The van der Waals surface area contributed by atoms with E-state index in [1.807, 2.05) is 54.2 Å². The largest absolute Gasteiger partial charge is 0.484 e. The second-order valence-corrected chi connectivity index (χ2v) is 8.50. The summed E-state index contributed by atoms with van der Waals surface area (Å²) in [5.74, 6) is 2.51. The number of rotatable bonds is 7. The van der Waals surface area contributed by atoms with E-state index in [0.717, 1.165) is 31.0 Å². The molecule has 162 valence electrons. The number of aromatic nitrogens is 2. The van der Waals surface area contributed by atoms with Gasteiger partial charge in [-0.25, -0.2) is 0 Å². The van der Waals surface area contributed by atoms with Crippen molar-refractivity contribution in [1.29, 1.82) is 0 Å². The van der Waals surface area contributed by atoms with Crippen LogP contribution in [0.25, 0.3) is 11.5 Å². The van der Waals surface area contributed by atoms with E-state index in [1.54, 1.807) is 6.26 Å². The smallest absolute Gasteiger partial charge is 0.257 e. The van der Waals surface area contributed by atoms with Gasteiger partial charge in [-0.05, 0) is 55.6 Å². The summed E-state index contributed by atoms with van der Waals surface area (Å²) >= 11 is 0. The Morgan fingerprint density at radius 3 is 2.87 bits per heavy atom. The number of aryl methyl sites for hydroxylation is 1. The summed E-state index contributed by atoms with van der Waals surface area (Å²) in [6.45, 7) is 2.81. The second kappa shape index (κ2) is 8.59. The maximum Gasteiger partial charge on any atom is 0.257 e. The van der Waals surface area contributed by atoms with Crippen molar-refractivity contribution in [2.75, 3.05) is 26.2 Å². The van der Waals surface area contributed by atoms with Gasteiger partial charge in [-0.15, -0.1) is 0 Å². The van der Waals surface area contributed by atoms with Crippen LogP contribution in [0.15, 0.2) is 59.2 Å². The quantitative estimate of drug-likeness (QED) is 0.636. The Morgan fingerprint density at radius 2 is 2.13 bits per heavy atom. The third kappa shape index (κ3) is 4.23. The van der Waals surface area contributed by atoms with E-state index in [4.69, 9.17) is 9.15 Å². The van der Waals surface area contributed by atoms with E-state index in [-0.39, 0.29) is 12.5 Å². The molecule has 1 amide bonds. The lowest BCUT2D eigenvalue weighted by atomic mass is 9.74. The highest BCUT2D eigenvalue weighted by Gasteiger charge is 2.41. The Hall–Kier alpha value is -3.06. The molecule has 6 rings (SSSR count).